The second-order valence-corrected chi connectivity index (χ2v) is 8.36. The van der Waals surface area contributed by atoms with Crippen molar-refractivity contribution in [2.45, 2.75) is 77.4 Å². The molecule has 1 atom stereocenters. The molecule has 1 fully saturated rings. The van der Waals surface area contributed by atoms with Gasteiger partial charge in [-0.05, 0) is 62.3 Å². The van der Waals surface area contributed by atoms with Crippen molar-refractivity contribution in [3.05, 3.63) is 29.3 Å². The molecule has 3 rings (SSSR count). The van der Waals surface area contributed by atoms with E-state index in [1.807, 2.05) is 32.0 Å². The maximum absolute atomic E-state index is 12.9. The number of hydrogen-bond donors (Lipinski definition) is 2. The highest BCUT2D eigenvalue weighted by Crippen LogP contribution is 2.28. The molecule has 0 aromatic heterocycles. The van der Waals surface area contributed by atoms with Crippen LogP contribution in [0.15, 0.2) is 18.2 Å². The van der Waals surface area contributed by atoms with Gasteiger partial charge in [0.1, 0.15) is 12.1 Å². The number of ether oxygens (including phenoxy) is 1. The Hall–Kier alpha value is -2.90. The van der Waals surface area contributed by atoms with E-state index in [4.69, 9.17) is 4.74 Å². The zero-order valence-electron chi connectivity index (χ0n) is 18.5. The van der Waals surface area contributed by atoms with E-state index in [9.17, 15) is 19.2 Å². The smallest absolute Gasteiger partial charge is 0.327 e. The van der Waals surface area contributed by atoms with Gasteiger partial charge in [-0.1, -0.05) is 32.8 Å². The fourth-order valence-electron chi connectivity index (χ4n) is 4.45. The van der Waals surface area contributed by atoms with Gasteiger partial charge < -0.3 is 15.4 Å². The molecular formula is C23H31N3O5. The highest BCUT2D eigenvalue weighted by atomic mass is 16.5. The summed E-state index contributed by atoms with van der Waals surface area (Å²) in [6.07, 6.45) is 4.58. The van der Waals surface area contributed by atoms with Crippen molar-refractivity contribution in [2.75, 3.05) is 11.9 Å². The molecule has 0 saturated carbocycles. The molecule has 31 heavy (non-hydrogen) atoms. The summed E-state index contributed by atoms with van der Waals surface area (Å²) < 4.78 is 5.20. The van der Waals surface area contributed by atoms with Crippen LogP contribution < -0.4 is 10.6 Å². The number of nitrogens with one attached hydrogen (secondary N) is 2. The van der Waals surface area contributed by atoms with Crippen LogP contribution >= 0.6 is 0 Å². The van der Waals surface area contributed by atoms with Crippen LogP contribution in [0.5, 0.6) is 0 Å². The number of carbonyl (C=O) groups excluding carboxylic acids is 4. The number of rotatable bonds is 9. The zero-order valence-corrected chi connectivity index (χ0v) is 18.5. The van der Waals surface area contributed by atoms with Crippen LogP contribution in [0.1, 0.15) is 64.0 Å². The molecule has 0 bridgehead atoms. The molecule has 1 aromatic rings. The van der Waals surface area contributed by atoms with E-state index < -0.39 is 42.0 Å². The van der Waals surface area contributed by atoms with Crippen LogP contribution in [-0.4, -0.2) is 46.9 Å². The summed E-state index contributed by atoms with van der Waals surface area (Å²) in [7, 11) is 0. The average molecular weight is 430 g/mol. The summed E-state index contributed by atoms with van der Waals surface area (Å²) in [6, 6.07) is 5.19. The van der Waals surface area contributed by atoms with Gasteiger partial charge in [-0.2, -0.15) is 0 Å². The fraction of sp³-hybridized carbons (Fsp3) is 0.565. The first kappa shape index (κ1) is 22.8. The van der Waals surface area contributed by atoms with E-state index in [-0.39, 0.29) is 0 Å². The van der Waals surface area contributed by atoms with E-state index in [2.05, 4.69) is 10.6 Å². The summed E-state index contributed by atoms with van der Waals surface area (Å²) in [4.78, 5) is 50.9. The van der Waals surface area contributed by atoms with Crippen molar-refractivity contribution in [3.63, 3.8) is 0 Å². The lowest BCUT2D eigenvalue weighted by molar-refractivity contribution is -0.155. The maximum Gasteiger partial charge on any atom is 0.327 e. The normalized spacial score (nSPS) is 17.8. The van der Waals surface area contributed by atoms with Crippen LogP contribution in [0, 0.1) is 0 Å². The molecule has 0 unspecified atom stereocenters. The molecular weight excluding hydrogens is 398 g/mol. The van der Waals surface area contributed by atoms with E-state index in [0.29, 0.717) is 18.5 Å². The Morgan fingerprint density at radius 1 is 1.16 bits per heavy atom. The number of amides is 4. The first-order chi connectivity index (χ1) is 14.8. The Morgan fingerprint density at radius 3 is 2.52 bits per heavy atom. The van der Waals surface area contributed by atoms with Gasteiger partial charge in [-0.25, -0.2) is 4.79 Å². The molecule has 1 aliphatic carbocycles. The summed E-state index contributed by atoms with van der Waals surface area (Å²) in [5.74, 6) is -1.67. The zero-order chi connectivity index (χ0) is 22.6. The predicted octanol–water partition coefficient (Wildman–Crippen LogP) is 2.94. The number of nitrogens with zero attached hydrogens (tertiary/aromatic N) is 1. The Kier molecular flexibility index (Phi) is 6.97. The van der Waals surface area contributed by atoms with Gasteiger partial charge >= 0.3 is 12.0 Å². The Bertz CT molecular complexity index is 876. The SMILES string of the molecule is CCCC1(CCC)NC(=O)N(CC(=O)O[C@@H](C)C(=O)Nc2ccc3c(c2)CCC3)C1=O. The van der Waals surface area contributed by atoms with E-state index in [1.165, 1.54) is 18.1 Å². The molecule has 0 spiro atoms. The summed E-state index contributed by atoms with van der Waals surface area (Å²) in [5, 5.41) is 5.51. The molecule has 1 aliphatic heterocycles. The minimum Gasteiger partial charge on any atom is -0.451 e. The first-order valence-corrected chi connectivity index (χ1v) is 11.1. The van der Waals surface area contributed by atoms with Crippen LogP contribution in [-0.2, 0) is 32.0 Å². The highest BCUT2D eigenvalue weighted by molar-refractivity contribution is 6.08. The summed E-state index contributed by atoms with van der Waals surface area (Å²) >= 11 is 0. The second-order valence-electron chi connectivity index (χ2n) is 8.36. The molecule has 2 N–H and O–H groups in total. The van der Waals surface area contributed by atoms with Gasteiger partial charge in [0, 0.05) is 5.69 Å². The monoisotopic (exact) mass is 429 g/mol. The van der Waals surface area contributed by atoms with Gasteiger partial charge in [0.2, 0.25) is 0 Å². The number of imide groups is 1. The van der Waals surface area contributed by atoms with Gasteiger partial charge in [0.25, 0.3) is 11.8 Å². The molecule has 0 radical (unpaired) electrons. The topological polar surface area (TPSA) is 105 Å². The number of fused-ring (bicyclic) bond motifs is 1. The van der Waals surface area contributed by atoms with E-state index in [0.717, 1.165) is 37.0 Å². The van der Waals surface area contributed by atoms with Crippen molar-refractivity contribution < 1.29 is 23.9 Å². The molecule has 1 saturated heterocycles. The quantitative estimate of drug-likeness (QED) is 0.464. The number of urea groups is 1. The van der Waals surface area contributed by atoms with Gasteiger partial charge in [-0.15, -0.1) is 0 Å². The lowest BCUT2D eigenvalue weighted by atomic mass is 9.88. The second kappa shape index (κ2) is 9.49. The molecule has 2 aliphatic rings. The average Bonchev–Trinajstić information content (AvgIpc) is 3.27. The van der Waals surface area contributed by atoms with Gasteiger partial charge in [-0.3, -0.25) is 19.3 Å². The number of carbonyl (C=O) groups is 4. The third-order valence-electron chi connectivity index (χ3n) is 5.93. The lowest BCUT2D eigenvalue weighted by Gasteiger charge is -2.25. The fourth-order valence-corrected chi connectivity index (χ4v) is 4.45. The predicted molar refractivity (Wildman–Crippen MR) is 115 cm³/mol. The maximum atomic E-state index is 12.9. The van der Waals surface area contributed by atoms with E-state index >= 15 is 0 Å². The van der Waals surface area contributed by atoms with Crippen LogP contribution in [0.25, 0.3) is 0 Å². The number of hydrogen-bond acceptors (Lipinski definition) is 5. The largest absolute Gasteiger partial charge is 0.451 e. The number of benzene rings is 1. The lowest BCUT2D eigenvalue weighted by Crippen LogP contribution is -2.47. The van der Waals surface area contributed by atoms with Crippen molar-refractivity contribution in [3.8, 4) is 0 Å². The van der Waals surface area contributed by atoms with Crippen molar-refractivity contribution in [1.82, 2.24) is 10.2 Å². The summed E-state index contributed by atoms with van der Waals surface area (Å²) in [5.41, 5.74) is 2.22. The third kappa shape index (κ3) is 4.89. The van der Waals surface area contributed by atoms with Crippen LogP contribution in [0.4, 0.5) is 10.5 Å². The first-order valence-electron chi connectivity index (χ1n) is 11.1. The van der Waals surface area contributed by atoms with E-state index in [1.54, 1.807) is 0 Å². The molecule has 1 aromatic carbocycles. The minimum atomic E-state index is -1.06. The van der Waals surface area contributed by atoms with Crippen LogP contribution in [0.2, 0.25) is 0 Å². The van der Waals surface area contributed by atoms with Crippen molar-refractivity contribution in [2.24, 2.45) is 0 Å². The van der Waals surface area contributed by atoms with Gasteiger partial charge in [0.15, 0.2) is 6.10 Å². The highest BCUT2D eigenvalue weighted by Gasteiger charge is 2.50. The molecule has 168 valence electrons. The number of anilines is 1. The Morgan fingerprint density at radius 2 is 1.84 bits per heavy atom. The Balaban J connectivity index is 1.56. The van der Waals surface area contributed by atoms with Crippen molar-refractivity contribution >= 4 is 29.5 Å². The molecule has 4 amide bonds. The Labute approximate surface area is 182 Å². The van der Waals surface area contributed by atoms with Crippen LogP contribution in [0.3, 0.4) is 0 Å². The van der Waals surface area contributed by atoms with Gasteiger partial charge in [0.05, 0.1) is 0 Å². The number of aryl methyl sites for hydroxylation is 2. The minimum absolute atomic E-state index is 0.409. The molecule has 1 heterocycles. The standard InChI is InChI=1S/C23H31N3O5/c1-4-11-23(12-5-2)21(29)26(22(30)25-23)14-19(27)31-15(3)20(28)24-18-10-9-16-7-6-8-17(16)13-18/h9-10,13,15H,4-8,11-12,14H2,1-3H3,(H,24,28)(H,25,30)/t15-/m0/s1. The summed E-state index contributed by atoms with van der Waals surface area (Å²) in [6.45, 7) is 4.82. The number of esters is 1. The molecule has 8 heteroatoms. The third-order valence-corrected chi connectivity index (χ3v) is 5.93. The van der Waals surface area contributed by atoms with Crippen molar-refractivity contribution in [1.29, 1.82) is 0 Å². The molecule has 8 nitrogen and oxygen atoms in total.